The zero-order valence-corrected chi connectivity index (χ0v) is 13.4. The lowest BCUT2D eigenvalue weighted by Crippen LogP contribution is -2.53. The van der Waals surface area contributed by atoms with Gasteiger partial charge in [-0.15, -0.1) is 0 Å². The first-order valence-corrected chi connectivity index (χ1v) is 9.12. The number of likely N-dealkylation sites (tertiary alicyclic amines) is 1. The number of nitrogens with two attached hydrogens (primary N) is 1. The van der Waals surface area contributed by atoms with Gasteiger partial charge in [0.05, 0.1) is 5.41 Å². The number of nitrogens with zero attached hydrogens (tertiary/aromatic N) is 1. The molecule has 1 amide bonds. The Kier molecular flexibility index (Phi) is 5.24. The average molecular weight is 318 g/mol. The monoisotopic (exact) mass is 318 g/mol. The summed E-state index contributed by atoms with van der Waals surface area (Å²) in [6, 6.07) is 0. The summed E-state index contributed by atoms with van der Waals surface area (Å²) in [6.45, 7) is 5.40. The summed E-state index contributed by atoms with van der Waals surface area (Å²) < 4.78 is 24.3. The van der Waals surface area contributed by atoms with Crippen LogP contribution in [0.1, 0.15) is 32.6 Å². The molecule has 122 valence electrons. The molecular formula is C13H26N4O3S. The van der Waals surface area contributed by atoms with Crippen molar-refractivity contribution in [1.29, 1.82) is 0 Å². The second kappa shape index (κ2) is 6.60. The summed E-state index contributed by atoms with van der Waals surface area (Å²) in [6.07, 6.45) is 3.76. The molecule has 2 saturated heterocycles. The van der Waals surface area contributed by atoms with Crippen molar-refractivity contribution in [3.63, 3.8) is 0 Å². The van der Waals surface area contributed by atoms with E-state index >= 15 is 0 Å². The van der Waals surface area contributed by atoms with E-state index in [1.165, 1.54) is 0 Å². The first-order valence-electron chi connectivity index (χ1n) is 7.58. The van der Waals surface area contributed by atoms with E-state index in [9.17, 15) is 13.2 Å². The standard InChI is InChI=1S/C13H26N4O3S/c1-13(5-3-6-15-10-13)12(18)17-7-2-4-11(9-17)8-16-21(14,19)20/h11,15-16H,2-10H2,1H3,(H2,14,19,20). The predicted octanol–water partition coefficient (Wildman–Crippen LogP) is -0.592. The highest BCUT2D eigenvalue weighted by Gasteiger charge is 2.39. The van der Waals surface area contributed by atoms with Crippen molar-refractivity contribution >= 4 is 16.1 Å². The summed E-state index contributed by atoms with van der Waals surface area (Å²) in [7, 11) is -3.66. The topological polar surface area (TPSA) is 105 Å². The molecule has 0 aromatic carbocycles. The highest BCUT2D eigenvalue weighted by atomic mass is 32.2. The van der Waals surface area contributed by atoms with E-state index in [-0.39, 0.29) is 17.2 Å². The molecule has 2 atom stereocenters. The SMILES string of the molecule is CC1(C(=O)N2CCCC(CNS(N)(=O)=O)C2)CCCNC1. The second-order valence-electron chi connectivity index (χ2n) is 6.49. The van der Waals surface area contributed by atoms with Gasteiger partial charge >= 0.3 is 0 Å². The Morgan fingerprint density at radius 1 is 1.48 bits per heavy atom. The lowest BCUT2D eigenvalue weighted by atomic mass is 9.80. The summed E-state index contributed by atoms with van der Waals surface area (Å²) in [5, 5.41) is 8.25. The first kappa shape index (κ1) is 16.7. The van der Waals surface area contributed by atoms with Crippen LogP contribution in [-0.4, -0.2) is 51.9 Å². The van der Waals surface area contributed by atoms with Gasteiger partial charge in [0.2, 0.25) is 5.91 Å². The molecule has 0 aliphatic carbocycles. The fourth-order valence-electron chi connectivity index (χ4n) is 3.27. The van der Waals surface area contributed by atoms with Crippen LogP contribution in [0.5, 0.6) is 0 Å². The Morgan fingerprint density at radius 3 is 2.86 bits per heavy atom. The highest BCUT2D eigenvalue weighted by Crippen LogP contribution is 2.30. The second-order valence-corrected chi connectivity index (χ2v) is 7.87. The van der Waals surface area contributed by atoms with Gasteiger partial charge in [0, 0.05) is 26.2 Å². The third kappa shape index (κ3) is 4.64. The van der Waals surface area contributed by atoms with Crippen molar-refractivity contribution in [2.75, 3.05) is 32.7 Å². The van der Waals surface area contributed by atoms with E-state index in [2.05, 4.69) is 10.0 Å². The third-order valence-corrected chi connectivity index (χ3v) is 5.06. The van der Waals surface area contributed by atoms with Crippen LogP contribution in [-0.2, 0) is 15.0 Å². The Labute approximate surface area is 126 Å². The Bertz CT molecular complexity index is 474. The van der Waals surface area contributed by atoms with Crippen LogP contribution in [0.15, 0.2) is 0 Å². The maximum atomic E-state index is 12.7. The van der Waals surface area contributed by atoms with Crippen LogP contribution in [0.25, 0.3) is 0 Å². The summed E-state index contributed by atoms with van der Waals surface area (Å²) in [5.41, 5.74) is -0.326. The van der Waals surface area contributed by atoms with Gasteiger partial charge in [-0.3, -0.25) is 4.79 Å². The molecule has 4 N–H and O–H groups in total. The van der Waals surface area contributed by atoms with Crippen LogP contribution in [0.3, 0.4) is 0 Å². The molecule has 2 heterocycles. The molecule has 0 radical (unpaired) electrons. The van der Waals surface area contributed by atoms with E-state index < -0.39 is 10.2 Å². The fourth-order valence-corrected chi connectivity index (χ4v) is 3.74. The number of hydrogen-bond donors (Lipinski definition) is 3. The minimum atomic E-state index is -3.66. The Balaban J connectivity index is 1.92. The molecule has 7 nitrogen and oxygen atoms in total. The van der Waals surface area contributed by atoms with Crippen LogP contribution in [0.4, 0.5) is 0 Å². The first-order chi connectivity index (χ1) is 9.80. The lowest BCUT2D eigenvalue weighted by molar-refractivity contribution is -0.144. The van der Waals surface area contributed by atoms with Crippen molar-refractivity contribution in [1.82, 2.24) is 14.9 Å². The number of nitrogens with one attached hydrogen (secondary N) is 2. The van der Waals surface area contributed by atoms with Crippen molar-refractivity contribution in [3.05, 3.63) is 0 Å². The number of carbonyl (C=O) groups is 1. The molecule has 2 fully saturated rings. The van der Waals surface area contributed by atoms with Gasteiger partial charge in [-0.1, -0.05) is 0 Å². The fraction of sp³-hybridized carbons (Fsp3) is 0.923. The van der Waals surface area contributed by atoms with Gasteiger partial charge in [0.1, 0.15) is 0 Å². The van der Waals surface area contributed by atoms with E-state index in [0.717, 1.165) is 45.3 Å². The number of amides is 1. The van der Waals surface area contributed by atoms with Crippen LogP contribution in [0, 0.1) is 11.3 Å². The molecule has 21 heavy (non-hydrogen) atoms. The van der Waals surface area contributed by atoms with Crippen molar-refractivity contribution in [2.45, 2.75) is 32.6 Å². The van der Waals surface area contributed by atoms with E-state index in [1.54, 1.807) is 0 Å². The minimum absolute atomic E-state index is 0.140. The Morgan fingerprint density at radius 2 is 2.24 bits per heavy atom. The maximum Gasteiger partial charge on any atom is 0.274 e. The molecule has 0 bridgehead atoms. The van der Waals surface area contributed by atoms with Crippen molar-refractivity contribution < 1.29 is 13.2 Å². The molecule has 2 unspecified atom stereocenters. The molecule has 0 saturated carbocycles. The minimum Gasteiger partial charge on any atom is -0.342 e. The molecule has 2 aliphatic rings. The highest BCUT2D eigenvalue weighted by molar-refractivity contribution is 7.87. The molecule has 0 spiro atoms. The van der Waals surface area contributed by atoms with Gasteiger partial charge in [0.25, 0.3) is 10.2 Å². The van der Waals surface area contributed by atoms with Gasteiger partial charge in [-0.25, -0.2) is 9.86 Å². The molecule has 8 heteroatoms. The zero-order chi connectivity index (χ0) is 15.5. The molecule has 0 aromatic rings. The van der Waals surface area contributed by atoms with E-state index in [4.69, 9.17) is 5.14 Å². The zero-order valence-electron chi connectivity index (χ0n) is 12.6. The third-order valence-electron chi connectivity index (χ3n) is 4.49. The van der Waals surface area contributed by atoms with Crippen LogP contribution < -0.4 is 15.2 Å². The number of piperidine rings is 2. The van der Waals surface area contributed by atoms with Crippen LogP contribution >= 0.6 is 0 Å². The van der Waals surface area contributed by atoms with Crippen molar-refractivity contribution in [3.8, 4) is 0 Å². The number of carbonyl (C=O) groups excluding carboxylic acids is 1. The van der Waals surface area contributed by atoms with Gasteiger partial charge in [-0.2, -0.15) is 8.42 Å². The maximum absolute atomic E-state index is 12.7. The smallest absolute Gasteiger partial charge is 0.274 e. The summed E-state index contributed by atoms with van der Waals surface area (Å²) in [4.78, 5) is 14.6. The van der Waals surface area contributed by atoms with Crippen molar-refractivity contribution in [2.24, 2.45) is 16.5 Å². The molecule has 0 aromatic heterocycles. The number of hydrogen-bond acceptors (Lipinski definition) is 4. The van der Waals surface area contributed by atoms with Gasteiger partial charge in [-0.05, 0) is 45.1 Å². The normalized spacial score (nSPS) is 31.1. The summed E-state index contributed by atoms with van der Waals surface area (Å²) >= 11 is 0. The van der Waals surface area contributed by atoms with E-state index in [1.807, 2.05) is 11.8 Å². The van der Waals surface area contributed by atoms with Gasteiger partial charge in [0.15, 0.2) is 0 Å². The summed E-state index contributed by atoms with van der Waals surface area (Å²) in [5.74, 6) is 0.330. The largest absolute Gasteiger partial charge is 0.342 e. The molecular weight excluding hydrogens is 292 g/mol. The van der Waals surface area contributed by atoms with Crippen LogP contribution in [0.2, 0.25) is 0 Å². The average Bonchev–Trinajstić information content (AvgIpc) is 2.45. The molecule has 2 rings (SSSR count). The quantitative estimate of drug-likeness (QED) is 0.644. The predicted molar refractivity (Wildman–Crippen MR) is 80.6 cm³/mol. The number of rotatable bonds is 4. The lowest BCUT2D eigenvalue weighted by Gasteiger charge is -2.40. The van der Waals surface area contributed by atoms with E-state index in [0.29, 0.717) is 13.1 Å². The molecule has 2 aliphatic heterocycles. The Hall–Kier alpha value is -0.700. The van der Waals surface area contributed by atoms with Gasteiger partial charge < -0.3 is 10.2 Å².